The van der Waals surface area contributed by atoms with Crippen molar-refractivity contribution in [1.29, 1.82) is 0 Å². The van der Waals surface area contributed by atoms with Crippen molar-refractivity contribution < 1.29 is 0 Å². The third-order valence-electron chi connectivity index (χ3n) is 4.38. The Balaban J connectivity index is 2.56. The Morgan fingerprint density at radius 1 is 1.12 bits per heavy atom. The Bertz CT molecular complexity index is 193. The molecule has 0 N–H and O–H groups in total. The lowest BCUT2D eigenvalue weighted by Gasteiger charge is -2.38. The van der Waals surface area contributed by atoms with Crippen molar-refractivity contribution in [3.05, 3.63) is 0 Å². The van der Waals surface area contributed by atoms with E-state index in [1.165, 1.54) is 63.2 Å². The molecule has 0 aromatic rings. The van der Waals surface area contributed by atoms with Crippen LogP contribution in [0.2, 0.25) is 0 Å². The number of alkyl halides is 1. The maximum atomic E-state index is 3.79. The summed E-state index contributed by atoms with van der Waals surface area (Å²) in [6.07, 6.45) is 11.1. The lowest BCUT2D eigenvalue weighted by Crippen LogP contribution is -2.41. The fourth-order valence-electron chi connectivity index (χ4n) is 3.52. The highest BCUT2D eigenvalue weighted by atomic mass is 79.9. The molecule has 1 aliphatic carbocycles. The quantitative estimate of drug-likeness (QED) is 0.580. The monoisotopic (exact) mass is 303 g/mol. The Morgan fingerprint density at radius 2 is 1.65 bits per heavy atom. The molecule has 102 valence electrons. The molecule has 0 saturated heterocycles. The molecule has 0 heterocycles. The van der Waals surface area contributed by atoms with Crippen LogP contribution in [0.1, 0.15) is 65.2 Å². The summed E-state index contributed by atoms with van der Waals surface area (Å²) in [6.45, 7) is 5.93. The lowest BCUT2D eigenvalue weighted by atomic mass is 9.80. The fourth-order valence-corrected chi connectivity index (χ4v) is 4.26. The molecule has 2 heteroatoms. The molecule has 1 rings (SSSR count). The highest BCUT2D eigenvalue weighted by molar-refractivity contribution is 9.09. The second-order valence-electron chi connectivity index (χ2n) is 5.99. The number of nitrogens with zero attached hydrogens (tertiary/aromatic N) is 1. The van der Waals surface area contributed by atoms with Gasteiger partial charge >= 0.3 is 0 Å². The highest BCUT2D eigenvalue weighted by Gasteiger charge is 2.31. The first-order valence-corrected chi connectivity index (χ1v) is 8.56. The van der Waals surface area contributed by atoms with E-state index in [0.29, 0.717) is 5.41 Å². The van der Waals surface area contributed by atoms with Crippen LogP contribution in [0.15, 0.2) is 0 Å². The second kappa shape index (κ2) is 7.78. The predicted molar refractivity (Wildman–Crippen MR) is 80.9 cm³/mol. The van der Waals surface area contributed by atoms with Gasteiger partial charge in [0.2, 0.25) is 0 Å². The third kappa shape index (κ3) is 4.55. The first-order valence-electron chi connectivity index (χ1n) is 7.43. The maximum absolute atomic E-state index is 3.79. The minimum atomic E-state index is 0.515. The molecule has 0 amide bonds. The van der Waals surface area contributed by atoms with Crippen LogP contribution in [0.3, 0.4) is 0 Å². The zero-order valence-electron chi connectivity index (χ0n) is 12.0. The molecule has 0 atom stereocenters. The molecule has 1 fully saturated rings. The van der Waals surface area contributed by atoms with Crippen LogP contribution in [0, 0.1) is 5.41 Å². The van der Waals surface area contributed by atoms with Crippen LogP contribution in [-0.2, 0) is 0 Å². The van der Waals surface area contributed by atoms with Gasteiger partial charge in [0, 0.05) is 17.9 Å². The van der Waals surface area contributed by atoms with Crippen LogP contribution in [0.25, 0.3) is 0 Å². The molecule has 0 aromatic heterocycles. The average Bonchev–Trinajstić information content (AvgIpc) is 2.83. The summed E-state index contributed by atoms with van der Waals surface area (Å²) in [5.41, 5.74) is 0.515. The van der Waals surface area contributed by atoms with Crippen molar-refractivity contribution in [2.45, 2.75) is 71.3 Å². The van der Waals surface area contributed by atoms with E-state index in [2.05, 4.69) is 41.7 Å². The zero-order valence-corrected chi connectivity index (χ0v) is 13.6. The highest BCUT2D eigenvalue weighted by Crippen LogP contribution is 2.35. The third-order valence-corrected chi connectivity index (χ3v) is 5.57. The van der Waals surface area contributed by atoms with Crippen molar-refractivity contribution in [2.75, 3.05) is 18.9 Å². The van der Waals surface area contributed by atoms with Gasteiger partial charge < -0.3 is 4.90 Å². The first-order chi connectivity index (χ1) is 8.17. The summed E-state index contributed by atoms with van der Waals surface area (Å²) in [4.78, 5) is 2.65. The van der Waals surface area contributed by atoms with E-state index in [-0.39, 0.29) is 0 Å². The molecule has 0 aliphatic heterocycles. The van der Waals surface area contributed by atoms with Crippen molar-refractivity contribution in [3.8, 4) is 0 Å². The molecule has 0 unspecified atom stereocenters. The molecule has 1 saturated carbocycles. The average molecular weight is 304 g/mol. The molecule has 0 spiro atoms. The number of hydrogen-bond acceptors (Lipinski definition) is 1. The van der Waals surface area contributed by atoms with Crippen LogP contribution in [-0.4, -0.2) is 29.9 Å². The van der Waals surface area contributed by atoms with Crippen molar-refractivity contribution >= 4 is 15.9 Å². The van der Waals surface area contributed by atoms with Gasteiger partial charge in [-0.2, -0.15) is 0 Å². The van der Waals surface area contributed by atoms with Gasteiger partial charge in [0.05, 0.1) is 0 Å². The minimum Gasteiger partial charge on any atom is -0.303 e. The molecule has 0 radical (unpaired) electrons. The summed E-state index contributed by atoms with van der Waals surface area (Å²) in [6, 6.07) is 0.863. The largest absolute Gasteiger partial charge is 0.303 e. The molecule has 1 nitrogen and oxygen atoms in total. The van der Waals surface area contributed by atoms with Gasteiger partial charge in [-0.1, -0.05) is 55.5 Å². The number of halogens is 1. The second-order valence-corrected chi connectivity index (χ2v) is 6.55. The molecular formula is C15H30BrN. The van der Waals surface area contributed by atoms with Gasteiger partial charge in [-0.25, -0.2) is 0 Å². The van der Waals surface area contributed by atoms with E-state index >= 15 is 0 Å². The van der Waals surface area contributed by atoms with E-state index in [9.17, 15) is 0 Å². The van der Waals surface area contributed by atoms with Crippen LogP contribution in [0.5, 0.6) is 0 Å². The van der Waals surface area contributed by atoms with E-state index in [4.69, 9.17) is 0 Å². The topological polar surface area (TPSA) is 3.24 Å². The summed E-state index contributed by atoms with van der Waals surface area (Å²) in [5.74, 6) is 0. The minimum absolute atomic E-state index is 0.515. The van der Waals surface area contributed by atoms with Crippen LogP contribution < -0.4 is 0 Å². The molecule has 1 aliphatic rings. The fraction of sp³-hybridized carbons (Fsp3) is 1.00. The Morgan fingerprint density at radius 3 is 2.06 bits per heavy atom. The molecule has 17 heavy (non-hydrogen) atoms. The summed E-state index contributed by atoms with van der Waals surface area (Å²) < 4.78 is 0. The predicted octanol–water partition coefficient (Wildman–Crippen LogP) is 4.84. The van der Waals surface area contributed by atoms with E-state index < -0.39 is 0 Å². The lowest BCUT2D eigenvalue weighted by molar-refractivity contribution is 0.135. The Hall–Kier alpha value is 0.440. The van der Waals surface area contributed by atoms with Gasteiger partial charge in [0.25, 0.3) is 0 Å². The van der Waals surface area contributed by atoms with Gasteiger partial charge in [-0.3, -0.25) is 0 Å². The van der Waals surface area contributed by atoms with Crippen LogP contribution in [0.4, 0.5) is 0 Å². The normalized spacial score (nSPS) is 18.2. The zero-order chi connectivity index (χ0) is 12.7. The van der Waals surface area contributed by atoms with Gasteiger partial charge in [-0.05, 0) is 38.1 Å². The summed E-state index contributed by atoms with van der Waals surface area (Å²) >= 11 is 3.79. The smallest absolute Gasteiger partial charge is 0.0100 e. The van der Waals surface area contributed by atoms with Gasteiger partial charge in [0.1, 0.15) is 0 Å². The van der Waals surface area contributed by atoms with Crippen molar-refractivity contribution in [1.82, 2.24) is 4.90 Å². The molecular weight excluding hydrogens is 274 g/mol. The first kappa shape index (κ1) is 15.5. The Kier molecular flexibility index (Phi) is 7.10. The summed E-state index contributed by atoms with van der Waals surface area (Å²) in [7, 11) is 2.35. The Labute approximate surface area is 116 Å². The van der Waals surface area contributed by atoms with E-state index in [1.807, 2.05) is 0 Å². The van der Waals surface area contributed by atoms with E-state index in [1.54, 1.807) is 0 Å². The molecule has 0 aromatic carbocycles. The number of rotatable bonds is 8. The van der Waals surface area contributed by atoms with Crippen molar-refractivity contribution in [2.24, 2.45) is 5.41 Å². The van der Waals surface area contributed by atoms with E-state index in [0.717, 1.165) is 6.04 Å². The SMILES string of the molecule is CCCC(CBr)(CCC)CN(C)C1CCCC1. The maximum Gasteiger partial charge on any atom is 0.0100 e. The van der Waals surface area contributed by atoms with Crippen LogP contribution >= 0.6 is 15.9 Å². The van der Waals surface area contributed by atoms with Gasteiger partial charge in [0.15, 0.2) is 0 Å². The number of hydrogen-bond donors (Lipinski definition) is 0. The van der Waals surface area contributed by atoms with Crippen molar-refractivity contribution in [3.63, 3.8) is 0 Å². The summed E-state index contributed by atoms with van der Waals surface area (Å²) in [5, 5.41) is 1.17. The van der Waals surface area contributed by atoms with Gasteiger partial charge in [-0.15, -0.1) is 0 Å². The standard InChI is InChI=1S/C15H30BrN/c1-4-10-15(12-16,11-5-2)13-17(3)14-8-6-7-9-14/h14H,4-13H2,1-3H3. The molecule has 0 bridgehead atoms.